The van der Waals surface area contributed by atoms with Crippen molar-refractivity contribution >= 4 is 5.69 Å². The molecule has 0 saturated heterocycles. The van der Waals surface area contributed by atoms with Crippen LogP contribution in [0.4, 0.5) is 5.69 Å². The van der Waals surface area contributed by atoms with E-state index in [1.165, 1.54) is 23.2 Å². The van der Waals surface area contributed by atoms with Crippen molar-refractivity contribution in [1.29, 1.82) is 0 Å². The van der Waals surface area contributed by atoms with Gasteiger partial charge in [-0.15, -0.1) is 0 Å². The molecule has 16 heavy (non-hydrogen) atoms. The molecule has 1 aromatic rings. The van der Waals surface area contributed by atoms with Gasteiger partial charge in [0.25, 0.3) is 0 Å². The summed E-state index contributed by atoms with van der Waals surface area (Å²) in [5.74, 6) is 0. The van der Waals surface area contributed by atoms with Crippen LogP contribution in [0.15, 0.2) is 18.2 Å². The Morgan fingerprint density at radius 2 is 2.19 bits per heavy atom. The number of hydrogen-bond donors (Lipinski definition) is 1. The molecule has 1 atom stereocenters. The molecule has 2 nitrogen and oxygen atoms in total. The fourth-order valence-corrected chi connectivity index (χ4v) is 2.88. The van der Waals surface area contributed by atoms with Crippen molar-refractivity contribution in [2.24, 2.45) is 0 Å². The number of benzene rings is 1. The number of hydrogen-bond acceptors (Lipinski definition) is 2. The molecule has 1 unspecified atom stereocenters. The molecule has 0 spiro atoms. The summed E-state index contributed by atoms with van der Waals surface area (Å²) in [6, 6.07) is 7.90. The number of rotatable bonds is 3. The lowest BCUT2D eigenvalue weighted by Crippen LogP contribution is -2.36. The van der Waals surface area contributed by atoms with Crippen LogP contribution in [0, 0.1) is 0 Å². The van der Waals surface area contributed by atoms with Gasteiger partial charge >= 0.3 is 0 Å². The van der Waals surface area contributed by atoms with Gasteiger partial charge in [0, 0.05) is 24.3 Å². The van der Waals surface area contributed by atoms with Crippen LogP contribution in [0.1, 0.15) is 31.9 Å². The molecule has 0 fully saturated rings. The van der Waals surface area contributed by atoms with E-state index in [0.29, 0.717) is 12.1 Å². The van der Waals surface area contributed by atoms with E-state index < -0.39 is 0 Å². The van der Waals surface area contributed by atoms with E-state index in [9.17, 15) is 0 Å². The molecule has 2 rings (SSSR count). The van der Waals surface area contributed by atoms with Crippen molar-refractivity contribution in [2.75, 3.05) is 11.9 Å². The van der Waals surface area contributed by atoms with Crippen molar-refractivity contribution in [1.82, 2.24) is 5.32 Å². The highest BCUT2D eigenvalue weighted by Crippen LogP contribution is 2.36. The molecule has 0 aliphatic carbocycles. The Hall–Kier alpha value is -1.02. The highest BCUT2D eigenvalue weighted by molar-refractivity contribution is 5.65. The molecule has 1 aliphatic rings. The Bertz CT molecular complexity index is 371. The summed E-state index contributed by atoms with van der Waals surface area (Å²) in [6.45, 7) is 7.84. The fourth-order valence-electron chi connectivity index (χ4n) is 2.88. The van der Waals surface area contributed by atoms with Crippen LogP contribution in [0.3, 0.4) is 0 Å². The van der Waals surface area contributed by atoms with Crippen LogP contribution in [0.2, 0.25) is 0 Å². The zero-order chi connectivity index (χ0) is 11.7. The lowest BCUT2D eigenvalue weighted by molar-refractivity contribution is 0.603. The Morgan fingerprint density at radius 1 is 1.44 bits per heavy atom. The number of para-hydroxylation sites is 1. The van der Waals surface area contributed by atoms with E-state index in [-0.39, 0.29) is 0 Å². The van der Waals surface area contributed by atoms with Gasteiger partial charge in [0.2, 0.25) is 0 Å². The normalized spacial score (nSPS) is 19.3. The molecule has 0 bridgehead atoms. The minimum atomic E-state index is 0.578. The Balaban J connectivity index is 2.44. The smallest absolute Gasteiger partial charge is 0.0450 e. The monoisotopic (exact) mass is 218 g/mol. The van der Waals surface area contributed by atoms with Gasteiger partial charge in [-0.2, -0.15) is 0 Å². The summed E-state index contributed by atoms with van der Waals surface area (Å²) in [5, 5.41) is 3.26. The molecular weight excluding hydrogens is 196 g/mol. The van der Waals surface area contributed by atoms with E-state index in [2.05, 4.69) is 49.2 Å². The molecule has 0 aromatic heterocycles. The largest absolute Gasteiger partial charge is 0.366 e. The third-order valence-corrected chi connectivity index (χ3v) is 3.38. The number of fused-ring (bicyclic) bond motifs is 1. The van der Waals surface area contributed by atoms with Crippen LogP contribution in [0.25, 0.3) is 0 Å². The highest BCUT2D eigenvalue weighted by atomic mass is 15.2. The van der Waals surface area contributed by atoms with Crippen molar-refractivity contribution in [3.8, 4) is 0 Å². The zero-order valence-corrected chi connectivity index (χ0v) is 10.7. The molecule has 0 amide bonds. The molecule has 1 N–H and O–H groups in total. The second-order valence-electron chi connectivity index (χ2n) is 5.01. The van der Waals surface area contributed by atoms with Crippen molar-refractivity contribution in [3.63, 3.8) is 0 Å². The van der Waals surface area contributed by atoms with E-state index in [1.807, 2.05) is 7.05 Å². The summed E-state index contributed by atoms with van der Waals surface area (Å²) in [6.07, 6.45) is 1.19. The SMILES string of the molecule is CNCc1cccc2c1N(C(C)C)C(C)C2. The topological polar surface area (TPSA) is 15.3 Å². The van der Waals surface area contributed by atoms with Crippen LogP contribution in [-0.2, 0) is 13.0 Å². The molecule has 1 aromatic carbocycles. The zero-order valence-electron chi connectivity index (χ0n) is 10.7. The minimum Gasteiger partial charge on any atom is -0.366 e. The second-order valence-corrected chi connectivity index (χ2v) is 5.01. The van der Waals surface area contributed by atoms with Crippen molar-refractivity contribution in [3.05, 3.63) is 29.3 Å². The van der Waals surface area contributed by atoms with Gasteiger partial charge in [-0.3, -0.25) is 0 Å². The van der Waals surface area contributed by atoms with E-state index in [4.69, 9.17) is 0 Å². The molecule has 88 valence electrons. The van der Waals surface area contributed by atoms with Crippen LogP contribution in [0.5, 0.6) is 0 Å². The lowest BCUT2D eigenvalue weighted by atomic mass is 10.1. The van der Waals surface area contributed by atoms with Crippen molar-refractivity contribution < 1.29 is 0 Å². The molecular formula is C14H22N2. The first-order valence-electron chi connectivity index (χ1n) is 6.18. The maximum absolute atomic E-state index is 3.26. The summed E-state index contributed by atoms with van der Waals surface area (Å²) in [7, 11) is 2.01. The van der Waals surface area contributed by atoms with E-state index in [0.717, 1.165) is 6.54 Å². The fraction of sp³-hybridized carbons (Fsp3) is 0.571. The minimum absolute atomic E-state index is 0.578. The first-order chi connectivity index (χ1) is 7.65. The first-order valence-corrected chi connectivity index (χ1v) is 6.18. The second kappa shape index (κ2) is 4.46. The maximum atomic E-state index is 3.26. The lowest BCUT2D eigenvalue weighted by Gasteiger charge is -2.30. The Labute approximate surface area is 98.7 Å². The van der Waals surface area contributed by atoms with E-state index >= 15 is 0 Å². The highest BCUT2D eigenvalue weighted by Gasteiger charge is 2.29. The van der Waals surface area contributed by atoms with Crippen molar-refractivity contribution in [2.45, 2.75) is 45.8 Å². The maximum Gasteiger partial charge on any atom is 0.0450 e. The standard InChI is InChI=1S/C14H22N2/c1-10(2)16-11(3)8-12-6-5-7-13(9-15-4)14(12)16/h5-7,10-11,15H,8-9H2,1-4H3. The molecule has 1 aliphatic heterocycles. The number of anilines is 1. The van der Waals surface area contributed by atoms with Gasteiger partial charge in [0.1, 0.15) is 0 Å². The van der Waals surface area contributed by atoms with Gasteiger partial charge in [-0.05, 0) is 45.4 Å². The van der Waals surface area contributed by atoms with Crippen LogP contribution >= 0.6 is 0 Å². The number of nitrogens with one attached hydrogen (secondary N) is 1. The summed E-state index contributed by atoms with van der Waals surface area (Å²) in [4.78, 5) is 2.56. The third kappa shape index (κ3) is 1.82. The molecule has 2 heteroatoms. The van der Waals surface area contributed by atoms with Crippen LogP contribution in [-0.4, -0.2) is 19.1 Å². The van der Waals surface area contributed by atoms with Crippen LogP contribution < -0.4 is 10.2 Å². The third-order valence-electron chi connectivity index (χ3n) is 3.38. The summed E-state index contributed by atoms with van der Waals surface area (Å²) >= 11 is 0. The summed E-state index contributed by atoms with van der Waals surface area (Å²) in [5.41, 5.74) is 4.41. The summed E-state index contributed by atoms with van der Waals surface area (Å²) < 4.78 is 0. The van der Waals surface area contributed by atoms with Gasteiger partial charge in [0.05, 0.1) is 0 Å². The number of nitrogens with zero attached hydrogens (tertiary/aromatic N) is 1. The first kappa shape index (κ1) is 11.5. The van der Waals surface area contributed by atoms with E-state index in [1.54, 1.807) is 0 Å². The van der Waals surface area contributed by atoms with Gasteiger partial charge in [0.15, 0.2) is 0 Å². The average molecular weight is 218 g/mol. The Morgan fingerprint density at radius 3 is 2.81 bits per heavy atom. The quantitative estimate of drug-likeness (QED) is 0.839. The molecule has 0 radical (unpaired) electrons. The predicted octanol–water partition coefficient (Wildman–Crippen LogP) is 2.57. The van der Waals surface area contributed by atoms with Gasteiger partial charge < -0.3 is 10.2 Å². The molecule has 0 saturated carbocycles. The average Bonchev–Trinajstić information content (AvgIpc) is 2.55. The van der Waals surface area contributed by atoms with Gasteiger partial charge in [-0.25, -0.2) is 0 Å². The van der Waals surface area contributed by atoms with Gasteiger partial charge in [-0.1, -0.05) is 18.2 Å². The Kier molecular flexibility index (Phi) is 3.20. The predicted molar refractivity (Wildman–Crippen MR) is 70.0 cm³/mol. The molecule has 1 heterocycles.